The maximum atomic E-state index is 12.5. The van der Waals surface area contributed by atoms with Crippen molar-refractivity contribution in [3.8, 4) is 0 Å². The topological polar surface area (TPSA) is 66.8 Å². The predicted octanol–water partition coefficient (Wildman–Crippen LogP) is 2.72. The first kappa shape index (κ1) is 19.3. The highest BCUT2D eigenvalue weighted by molar-refractivity contribution is 5.74. The molecular formula is C14H18F6O4. The van der Waals surface area contributed by atoms with Crippen LogP contribution in [0, 0.1) is 11.8 Å². The lowest BCUT2D eigenvalue weighted by Gasteiger charge is -2.32. The van der Waals surface area contributed by atoms with E-state index in [1.54, 1.807) is 0 Å². The van der Waals surface area contributed by atoms with Crippen molar-refractivity contribution in [2.45, 2.75) is 62.1 Å². The molecule has 3 atom stereocenters. The summed E-state index contributed by atoms with van der Waals surface area (Å²) in [5.74, 6) is -1.42. The summed E-state index contributed by atoms with van der Waals surface area (Å²) < 4.78 is 79.6. The lowest BCUT2D eigenvalue weighted by Crippen LogP contribution is -2.56. The summed E-state index contributed by atoms with van der Waals surface area (Å²) in [5, 5.41) is 19.2. The lowest BCUT2D eigenvalue weighted by molar-refractivity contribution is -0.370. The number of ether oxygens (including phenoxy) is 1. The van der Waals surface area contributed by atoms with Crippen molar-refractivity contribution in [2.24, 2.45) is 11.8 Å². The number of rotatable bonds is 5. The fourth-order valence-corrected chi connectivity index (χ4v) is 3.59. The van der Waals surface area contributed by atoms with Crippen LogP contribution in [0.5, 0.6) is 0 Å². The number of fused-ring (bicyclic) bond motifs is 2. The molecule has 2 bridgehead atoms. The zero-order chi connectivity index (χ0) is 18.4. The number of halogens is 6. The van der Waals surface area contributed by atoms with Gasteiger partial charge >= 0.3 is 18.3 Å². The van der Waals surface area contributed by atoms with E-state index in [2.05, 4.69) is 0 Å². The van der Waals surface area contributed by atoms with Gasteiger partial charge in [0.25, 0.3) is 5.60 Å². The molecule has 0 spiro atoms. The molecule has 0 aromatic rings. The first-order valence-electron chi connectivity index (χ1n) is 7.55. The van der Waals surface area contributed by atoms with Crippen molar-refractivity contribution in [1.29, 1.82) is 0 Å². The Kier molecular flexibility index (Phi) is 4.86. The second-order valence-electron chi connectivity index (χ2n) is 6.63. The van der Waals surface area contributed by atoms with Crippen molar-refractivity contribution in [2.75, 3.05) is 6.61 Å². The molecule has 2 fully saturated rings. The third kappa shape index (κ3) is 3.35. The van der Waals surface area contributed by atoms with E-state index in [9.17, 15) is 36.2 Å². The van der Waals surface area contributed by atoms with Crippen LogP contribution in [0.3, 0.4) is 0 Å². The summed E-state index contributed by atoms with van der Waals surface area (Å²) in [6.07, 6.45) is -12.2. The van der Waals surface area contributed by atoms with E-state index in [-0.39, 0.29) is 5.92 Å². The molecule has 0 saturated heterocycles. The standard InChI is InChI=1S/C14H18F6O4/c15-13(16,17)12(23,14(18,19)20)3-1-5-24-10(21)9-6-8-2-4-11(9,22)7-8/h8-9,22-23H,1-7H2. The fourth-order valence-electron chi connectivity index (χ4n) is 3.59. The van der Waals surface area contributed by atoms with Crippen molar-refractivity contribution < 1.29 is 46.1 Å². The molecule has 10 heteroatoms. The first-order valence-corrected chi connectivity index (χ1v) is 7.55. The van der Waals surface area contributed by atoms with Crippen LogP contribution in [0.25, 0.3) is 0 Å². The van der Waals surface area contributed by atoms with Gasteiger partial charge in [0.15, 0.2) is 0 Å². The molecule has 2 aliphatic carbocycles. The van der Waals surface area contributed by atoms with Crippen molar-refractivity contribution in [1.82, 2.24) is 0 Å². The normalized spacial score (nSPS) is 30.7. The maximum absolute atomic E-state index is 12.5. The molecule has 24 heavy (non-hydrogen) atoms. The van der Waals surface area contributed by atoms with Gasteiger partial charge in [-0.25, -0.2) is 0 Å². The Balaban J connectivity index is 1.85. The fraction of sp³-hybridized carbons (Fsp3) is 0.929. The Hall–Kier alpha value is -1.03. The van der Waals surface area contributed by atoms with E-state index >= 15 is 0 Å². The van der Waals surface area contributed by atoms with Crippen LogP contribution in [0.2, 0.25) is 0 Å². The number of esters is 1. The third-order valence-corrected chi connectivity index (χ3v) is 4.99. The van der Waals surface area contributed by atoms with Crippen LogP contribution in [0.4, 0.5) is 26.3 Å². The Morgan fingerprint density at radius 1 is 1.17 bits per heavy atom. The molecule has 2 saturated carbocycles. The molecule has 2 aliphatic rings. The zero-order valence-corrected chi connectivity index (χ0v) is 12.6. The molecule has 0 aromatic carbocycles. The Morgan fingerprint density at radius 3 is 2.17 bits per heavy atom. The average Bonchev–Trinajstić information content (AvgIpc) is 2.95. The first-order chi connectivity index (χ1) is 10.8. The van der Waals surface area contributed by atoms with Crippen LogP contribution in [0.1, 0.15) is 38.5 Å². The van der Waals surface area contributed by atoms with Crippen molar-refractivity contribution in [3.05, 3.63) is 0 Å². The van der Waals surface area contributed by atoms with Gasteiger partial charge in [-0.05, 0) is 44.4 Å². The summed E-state index contributed by atoms with van der Waals surface area (Å²) in [6.45, 7) is -0.690. The number of alkyl halides is 6. The highest BCUT2D eigenvalue weighted by Gasteiger charge is 2.69. The van der Waals surface area contributed by atoms with E-state index in [0.717, 1.165) is 6.42 Å². The number of hydrogen-bond donors (Lipinski definition) is 2. The molecule has 3 unspecified atom stereocenters. The second kappa shape index (κ2) is 6.05. The summed E-state index contributed by atoms with van der Waals surface area (Å²) in [6, 6.07) is 0. The molecule has 0 aromatic heterocycles. The van der Waals surface area contributed by atoms with Gasteiger partial charge in [-0.15, -0.1) is 0 Å². The van der Waals surface area contributed by atoms with Gasteiger partial charge < -0.3 is 14.9 Å². The minimum absolute atomic E-state index is 0.188. The van der Waals surface area contributed by atoms with Gasteiger partial charge in [0.05, 0.1) is 18.1 Å². The van der Waals surface area contributed by atoms with E-state index in [4.69, 9.17) is 9.84 Å². The number of aliphatic hydroxyl groups is 2. The molecular weight excluding hydrogens is 346 g/mol. The van der Waals surface area contributed by atoms with Crippen LogP contribution in [0.15, 0.2) is 0 Å². The van der Waals surface area contributed by atoms with E-state index < -0.39 is 54.9 Å². The minimum atomic E-state index is -5.88. The van der Waals surface area contributed by atoms with Crippen LogP contribution < -0.4 is 0 Å². The van der Waals surface area contributed by atoms with Gasteiger partial charge in [0, 0.05) is 0 Å². The zero-order valence-electron chi connectivity index (χ0n) is 12.6. The van der Waals surface area contributed by atoms with E-state index in [1.165, 1.54) is 0 Å². The van der Waals surface area contributed by atoms with Crippen LogP contribution >= 0.6 is 0 Å². The Bertz CT molecular complexity index is 475. The van der Waals surface area contributed by atoms with Gasteiger partial charge in [-0.2, -0.15) is 26.3 Å². The Morgan fingerprint density at radius 2 is 1.75 bits per heavy atom. The molecule has 2 N–H and O–H groups in total. The molecule has 140 valence electrons. The van der Waals surface area contributed by atoms with E-state index in [0.29, 0.717) is 19.3 Å². The van der Waals surface area contributed by atoms with Gasteiger partial charge in [0.2, 0.25) is 0 Å². The predicted molar refractivity (Wildman–Crippen MR) is 67.7 cm³/mol. The van der Waals surface area contributed by atoms with Crippen molar-refractivity contribution in [3.63, 3.8) is 0 Å². The third-order valence-electron chi connectivity index (χ3n) is 4.99. The van der Waals surface area contributed by atoms with Gasteiger partial charge in [0.1, 0.15) is 0 Å². The number of carbonyl (C=O) groups is 1. The van der Waals surface area contributed by atoms with Gasteiger partial charge in [-0.1, -0.05) is 0 Å². The number of hydrogen-bond acceptors (Lipinski definition) is 4. The van der Waals surface area contributed by atoms with E-state index in [1.807, 2.05) is 0 Å². The lowest BCUT2D eigenvalue weighted by atomic mass is 9.85. The number of carbonyl (C=O) groups excluding carboxylic acids is 1. The SMILES string of the molecule is O=C(OCCCC(O)(C(F)(F)F)C(F)(F)F)C1CC2CCC1(O)C2. The quantitative estimate of drug-likeness (QED) is 0.447. The monoisotopic (exact) mass is 364 g/mol. The Labute approximate surface area is 133 Å². The maximum Gasteiger partial charge on any atom is 0.426 e. The molecule has 0 aliphatic heterocycles. The molecule has 0 radical (unpaired) electrons. The smallest absolute Gasteiger partial charge is 0.426 e. The second-order valence-corrected chi connectivity index (χ2v) is 6.63. The minimum Gasteiger partial charge on any atom is -0.465 e. The molecule has 2 rings (SSSR count). The largest absolute Gasteiger partial charge is 0.465 e. The highest BCUT2D eigenvalue weighted by Crippen LogP contribution is 2.51. The average molecular weight is 364 g/mol. The van der Waals surface area contributed by atoms with Crippen LogP contribution in [-0.2, 0) is 9.53 Å². The summed E-state index contributed by atoms with van der Waals surface area (Å²) in [4.78, 5) is 11.9. The summed E-state index contributed by atoms with van der Waals surface area (Å²) >= 11 is 0. The molecule has 4 nitrogen and oxygen atoms in total. The summed E-state index contributed by atoms with van der Waals surface area (Å²) in [7, 11) is 0. The van der Waals surface area contributed by atoms with Gasteiger partial charge in [-0.3, -0.25) is 4.79 Å². The van der Waals surface area contributed by atoms with Crippen LogP contribution in [-0.4, -0.2) is 46.3 Å². The summed E-state index contributed by atoms with van der Waals surface area (Å²) in [5.41, 5.74) is -6.02. The highest BCUT2D eigenvalue weighted by atomic mass is 19.4. The molecule has 0 amide bonds. The molecule has 0 heterocycles. The van der Waals surface area contributed by atoms with Crippen molar-refractivity contribution >= 4 is 5.97 Å².